The number of hydrogen-bond donors (Lipinski definition) is 1. The van der Waals surface area contributed by atoms with Crippen LogP contribution in [0, 0.1) is 0 Å². The lowest BCUT2D eigenvalue weighted by atomic mass is 9.86. The van der Waals surface area contributed by atoms with Crippen LogP contribution in [0.1, 0.15) is 31.7 Å². The molecule has 0 atom stereocenters. The lowest BCUT2D eigenvalue weighted by Gasteiger charge is -2.25. The Morgan fingerprint density at radius 1 is 1.22 bits per heavy atom. The van der Waals surface area contributed by atoms with E-state index < -0.39 is 12.2 Å². The molecule has 6 nitrogen and oxygen atoms in total. The fourth-order valence-corrected chi connectivity index (χ4v) is 2.21. The van der Waals surface area contributed by atoms with Crippen molar-refractivity contribution in [2.24, 2.45) is 0 Å². The van der Waals surface area contributed by atoms with Crippen LogP contribution >= 0.6 is 0 Å². The average molecular weight is 318 g/mol. The largest absolute Gasteiger partial charge is 0.368 e. The van der Waals surface area contributed by atoms with E-state index in [1.165, 1.54) is 0 Å². The summed E-state index contributed by atoms with van der Waals surface area (Å²) in [5.41, 5.74) is 1.17. The maximum Gasteiger partial charge on any atom is 0.299 e. The molecule has 23 heavy (non-hydrogen) atoms. The summed E-state index contributed by atoms with van der Waals surface area (Å²) in [7, 11) is 0. The molecule has 0 saturated carbocycles. The van der Waals surface area contributed by atoms with E-state index in [2.05, 4.69) is 39.4 Å². The first-order valence-electron chi connectivity index (χ1n) is 7.12. The van der Waals surface area contributed by atoms with Gasteiger partial charge in [-0.1, -0.05) is 19.9 Å². The quantitative estimate of drug-likeness (QED) is 0.783. The van der Waals surface area contributed by atoms with Gasteiger partial charge in [0, 0.05) is 24.4 Å². The molecule has 0 spiro atoms. The highest BCUT2D eigenvalue weighted by Crippen LogP contribution is 2.23. The molecule has 0 amide bonds. The fourth-order valence-electron chi connectivity index (χ4n) is 2.21. The Kier molecular flexibility index (Phi) is 3.89. The molecule has 0 saturated heterocycles. The number of pyridine rings is 1. The molecule has 1 N–H and O–H groups in total. The molecule has 120 valence electrons. The number of alkyl halides is 2. The summed E-state index contributed by atoms with van der Waals surface area (Å²) in [6.45, 7) is 4.71. The van der Waals surface area contributed by atoms with Gasteiger partial charge in [-0.2, -0.15) is 4.52 Å². The molecule has 8 heteroatoms. The van der Waals surface area contributed by atoms with Gasteiger partial charge in [-0.05, 0) is 23.8 Å². The van der Waals surface area contributed by atoms with Gasteiger partial charge < -0.3 is 5.32 Å². The highest BCUT2D eigenvalue weighted by molar-refractivity contribution is 5.44. The first-order valence-corrected chi connectivity index (χ1v) is 7.12. The van der Waals surface area contributed by atoms with E-state index >= 15 is 0 Å². The molecule has 0 fully saturated rings. The molecule has 0 aliphatic heterocycles. The molecular formula is C15H16F2N6. The zero-order valence-corrected chi connectivity index (χ0v) is 12.7. The third kappa shape index (κ3) is 3.10. The van der Waals surface area contributed by atoms with Gasteiger partial charge in [0.2, 0.25) is 5.82 Å². The number of halogens is 2. The third-order valence-corrected chi connectivity index (χ3v) is 3.64. The summed E-state index contributed by atoms with van der Waals surface area (Å²) in [4.78, 5) is 4.12. The highest BCUT2D eigenvalue weighted by atomic mass is 19.3. The molecule has 3 heterocycles. The summed E-state index contributed by atoms with van der Waals surface area (Å²) in [6.07, 6.45) is 0.813. The van der Waals surface area contributed by atoms with Gasteiger partial charge in [-0.15, -0.1) is 15.3 Å². The topological polar surface area (TPSA) is 68.0 Å². The van der Waals surface area contributed by atoms with Crippen LogP contribution in [-0.4, -0.2) is 31.3 Å². The molecule has 0 bridgehead atoms. The number of nitrogens with zero attached hydrogens (tertiary/aromatic N) is 5. The second-order valence-electron chi connectivity index (χ2n) is 5.83. The Bertz CT molecular complexity index is 800. The van der Waals surface area contributed by atoms with E-state index in [0.717, 1.165) is 10.1 Å². The van der Waals surface area contributed by atoms with Crippen molar-refractivity contribution in [1.82, 2.24) is 24.8 Å². The van der Waals surface area contributed by atoms with Gasteiger partial charge in [0.1, 0.15) is 5.82 Å². The Morgan fingerprint density at radius 3 is 2.74 bits per heavy atom. The van der Waals surface area contributed by atoms with Gasteiger partial charge in [0.15, 0.2) is 5.65 Å². The van der Waals surface area contributed by atoms with Crippen molar-refractivity contribution in [3.05, 3.63) is 48.0 Å². The zero-order valence-electron chi connectivity index (χ0n) is 12.7. The van der Waals surface area contributed by atoms with Crippen LogP contribution in [0.4, 0.5) is 14.6 Å². The molecule has 0 aliphatic carbocycles. The summed E-state index contributed by atoms with van der Waals surface area (Å²) in [5.74, 6) is 0.0198. The normalized spacial score (nSPS) is 12.0. The van der Waals surface area contributed by atoms with Gasteiger partial charge in [-0.25, -0.2) is 8.78 Å². The monoisotopic (exact) mass is 318 g/mol. The summed E-state index contributed by atoms with van der Waals surface area (Å²) in [6, 6.07) is 7.18. The standard InChI is InChI=1S/C15H16F2N6/c1-15(2,10-4-3-7-18-8-10)9-19-11-5-6-12-20-21-14(13(16)17)23(12)22-11/h3-8,13H,9H2,1-2H3,(H,19,22). The SMILES string of the molecule is CC(C)(CNc1ccc2nnc(C(F)F)n2n1)c1cccnc1. The Morgan fingerprint density at radius 2 is 2.04 bits per heavy atom. The van der Waals surface area contributed by atoms with Crippen LogP contribution in [-0.2, 0) is 5.41 Å². The van der Waals surface area contributed by atoms with Crippen LogP contribution in [0.5, 0.6) is 0 Å². The van der Waals surface area contributed by atoms with Crippen molar-refractivity contribution < 1.29 is 8.78 Å². The predicted molar refractivity (Wildman–Crippen MR) is 81.5 cm³/mol. The molecule has 0 radical (unpaired) electrons. The molecule has 3 aromatic rings. The molecule has 0 unspecified atom stereocenters. The van der Waals surface area contributed by atoms with Crippen LogP contribution in [0.25, 0.3) is 5.65 Å². The van der Waals surface area contributed by atoms with Gasteiger partial charge in [0.05, 0.1) is 0 Å². The van der Waals surface area contributed by atoms with E-state index in [4.69, 9.17) is 0 Å². The van der Waals surface area contributed by atoms with Crippen molar-refractivity contribution in [2.45, 2.75) is 25.7 Å². The Hall–Kier alpha value is -2.64. The predicted octanol–water partition coefficient (Wildman–Crippen LogP) is 2.85. The fraction of sp³-hybridized carbons (Fsp3) is 0.333. The molecule has 0 aromatic carbocycles. The Balaban J connectivity index is 1.80. The van der Waals surface area contributed by atoms with Crippen LogP contribution in [0.3, 0.4) is 0 Å². The van der Waals surface area contributed by atoms with Crippen LogP contribution in [0.2, 0.25) is 0 Å². The van der Waals surface area contributed by atoms with E-state index in [1.807, 2.05) is 18.3 Å². The van der Waals surface area contributed by atoms with E-state index in [-0.39, 0.29) is 11.1 Å². The van der Waals surface area contributed by atoms with Crippen molar-refractivity contribution in [1.29, 1.82) is 0 Å². The first kappa shape index (κ1) is 15.3. The minimum atomic E-state index is -2.72. The van der Waals surface area contributed by atoms with Crippen LogP contribution < -0.4 is 5.32 Å². The molecular weight excluding hydrogens is 302 g/mol. The van der Waals surface area contributed by atoms with Crippen molar-refractivity contribution in [3.8, 4) is 0 Å². The van der Waals surface area contributed by atoms with Crippen molar-refractivity contribution in [2.75, 3.05) is 11.9 Å². The smallest absolute Gasteiger partial charge is 0.299 e. The third-order valence-electron chi connectivity index (χ3n) is 3.64. The average Bonchev–Trinajstić information content (AvgIpc) is 2.97. The lowest BCUT2D eigenvalue weighted by Crippen LogP contribution is -2.28. The second kappa shape index (κ2) is 5.86. The first-order chi connectivity index (χ1) is 11.0. The number of nitrogens with one attached hydrogen (secondary N) is 1. The maximum atomic E-state index is 12.9. The summed E-state index contributed by atoms with van der Waals surface area (Å²) < 4.78 is 26.8. The van der Waals surface area contributed by atoms with Crippen molar-refractivity contribution >= 4 is 11.5 Å². The van der Waals surface area contributed by atoms with Gasteiger partial charge in [-0.3, -0.25) is 4.98 Å². The zero-order chi connectivity index (χ0) is 16.4. The number of anilines is 1. The number of aromatic nitrogens is 5. The summed E-state index contributed by atoms with van der Waals surface area (Å²) in [5, 5.41) is 14.4. The van der Waals surface area contributed by atoms with E-state index in [0.29, 0.717) is 12.4 Å². The minimum Gasteiger partial charge on any atom is -0.368 e. The van der Waals surface area contributed by atoms with Gasteiger partial charge >= 0.3 is 0 Å². The summed E-state index contributed by atoms with van der Waals surface area (Å²) >= 11 is 0. The maximum absolute atomic E-state index is 12.9. The number of fused-ring (bicyclic) bond motifs is 1. The van der Waals surface area contributed by atoms with Crippen LogP contribution in [0.15, 0.2) is 36.7 Å². The minimum absolute atomic E-state index is 0.191. The highest BCUT2D eigenvalue weighted by Gasteiger charge is 2.21. The van der Waals surface area contributed by atoms with Crippen molar-refractivity contribution in [3.63, 3.8) is 0 Å². The van der Waals surface area contributed by atoms with E-state index in [1.54, 1.807) is 18.3 Å². The van der Waals surface area contributed by atoms with E-state index in [9.17, 15) is 8.78 Å². The molecule has 3 rings (SSSR count). The second-order valence-corrected chi connectivity index (χ2v) is 5.83. The Labute approximate surface area is 131 Å². The molecule has 3 aromatic heterocycles. The number of hydrogen-bond acceptors (Lipinski definition) is 5. The number of rotatable bonds is 5. The molecule has 0 aliphatic rings. The van der Waals surface area contributed by atoms with Gasteiger partial charge in [0.25, 0.3) is 6.43 Å². The lowest BCUT2D eigenvalue weighted by molar-refractivity contribution is 0.137.